The smallest absolute Gasteiger partial charge is 0.321 e. The highest BCUT2D eigenvalue weighted by Crippen LogP contribution is 2.36. The Morgan fingerprint density at radius 2 is 1.76 bits per heavy atom. The van der Waals surface area contributed by atoms with Crippen LogP contribution < -0.4 is 15.5 Å². The second-order valence-electron chi connectivity index (χ2n) is 8.61. The Labute approximate surface area is 213 Å². The van der Waals surface area contributed by atoms with E-state index < -0.39 is 11.7 Å². The van der Waals surface area contributed by atoms with Crippen LogP contribution in [0.15, 0.2) is 102 Å². The summed E-state index contributed by atoms with van der Waals surface area (Å²) in [7, 11) is 1.69. The summed E-state index contributed by atoms with van der Waals surface area (Å²) >= 11 is 0. The van der Waals surface area contributed by atoms with Gasteiger partial charge >= 0.3 is 6.03 Å². The number of halogens is 1. The molecule has 1 atom stereocenters. The largest absolute Gasteiger partial charge is 0.334 e. The van der Waals surface area contributed by atoms with Crippen LogP contribution in [0.25, 0.3) is 0 Å². The zero-order valence-electron chi connectivity index (χ0n) is 20.1. The molecule has 3 amide bonds. The molecule has 0 bridgehead atoms. The van der Waals surface area contributed by atoms with Crippen LogP contribution in [0.1, 0.15) is 22.6 Å². The van der Waals surface area contributed by atoms with Crippen molar-refractivity contribution in [3.8, 4) is 0 Å². The van der Waals surface area contributed by atoms with E-state index in [2.05, 4.69) is 15.6 Å². The van der Waals surface area contributed by atoms with Gasteiger partial charge in [-0.05, 0) is 65.2 Å². The van der Waals surface area contributed by atoms with E-state index in [1.54, 1.807) is 49.8 Å². The minimum Gasteiger partial charge on any atom is -0.334 e. The molecule has 0 fully saturated rings. The summed E-state index contributed by atoms with van der Waals surface area (Å²) in [6.45, 7) is 0.392. The number of nitrogens with zero attached hydrogens (tertiary/aromatic N) is 3. The molecule has 7 nitrogen and oxygen atoms in total. The third-order valence-electron chi connectivity index (χ3n) is 6.17. The van der Waals surface area contributed by atoms with Gasteiger partial charge < -0.3 is 10.6 Å². The maximum Gasteiger partial charge on any atom is 0.321 e. The Balaban J connectivity index is 1.40. The number of fused-ring (bicyclic) bond motifs is 1. The first-order valence-electron chi connectivity index (χ1n) is 11.7. The summed E-state index contributed by atoms with van der Waals surface area (Å²) in [6.07, 6.45) is 3.36. The monoisotopic (exact) mass is 493 g/mol. The number of carbonyl (C=O) groups is 2. The number of hydrogen-bond donors (Lipinski definition) is 2. The lowest BCUT2D eigenvalue weighted by Gasteiger charge is -2.18. The number of nitrogens with one attached hydrogen (secondary N) is 2. The van der Waals surface area contributed by atoms with E-state index in [0.29, 0.717) is 34.9 Å². The third-order valence-corrected chi connectivity index (χ3v) is 6.17. The molecule has 1 unspecified atom stereocenters. The predicted octanol–water partition coefficient (Wildman–Crippen LogP) is 5.42. The van der Waals surface area contributed by atoms with Crippen molar-refractivity contribution in [2.75, 3.05) is 17.3 Å². The zero-order chi connectivity index (χ0) is 25.8. The lowest BCUT2D eigenvalue weighted by Crippen LogP contribution is -2.36. The molecule has 184 valence electrons. The van der Waals surface area contributed by atoms with Gasteiger partial charge in [-0.1, -0.05) is 36.4 Å². The first kappa shape index (κ1) is 23.9. The molecule has 0 aliphatic carbocycles. The standard InChI is InChI=1S/C29H24FN5O2/c1-35(29(37)32-18-19-13-15-31-16-14-19)23-10-8-22(9-11-23)33-27(20-5-3-2-4-6-20)26-24-12-7-21(30)17-25(24)34-28(26)36/h2-17,26H,18H2,1H3,(H,32,37)(H,34,36). The number of aliphatic imine (C=N–C) groups is 1. The van der Waals surface area contributed by atoms with E-state index in [4.69, 9.17) is 4.99 Å². The van der Waals surface area contributed by atoms with E-state index in [1.807, 2.05) is 42.5 Å². The van der Waals surface area contributed by atoms with Crippen LogP contribution in [0.4, 0.5) is 26.2 Å². The molecule has 5 rings (SSSR count). The second-order valence-corrected chi connectivity index (χ2v) is 8.61. The molecular formula is C29H24FN5O2. The predicted molar refractivity (Wildman–Crippen MR) is 142 cm³/mol. The average Bonchev–Trinajstić information content (AvgIpc) is 3.25. The number of rotatable bonds is 6. The van der Waals surface area contributed by atoms with Crippen molar-refractivity contribution < 1.29 is 14.0 Å². The highest BCUT2D eigenvalue weighted by Gasteiger charge is 2.35. The van der Waals surface area contributed by atoms with Gasteiger partial charge in [-0.3, -0.25) is 19.7 Å². The number of urea groups is 1. The molecular weight excluding hydrogens is 469 g/mol. The lowest BCUT2D eigenvalue weighted by molar-refractivity contribution is -0.115. The van der Waals surface area contributed by atoms with Crippen molar-refractivity contribution in [2.24, 2.45) is 4.99 Å². The molecule has 1 aromatic heterocycles. The van der Waals surface area contributed by atoms with E-state index >= 15 is 0 Å². The number of aromatic nitrogens is 1. The summed E-state index contributed by atoms with van der Waals surface area (Å²) in [5.41, 5.74) is 4.74. The number of benzene rings is 3. The number of carbonyl (C=O) groups excluding carboxylic acids is 2. The van der Waals surface area contributed by atoms with Gasteiger partial charge in [0.25, 0.3) is 0 Å². The summed E-state index contributed by atoms with van der Waals surface area (Å²) in [5.74, 6) is -1.35. The molecule has 0 saturated heterocycles. The van der Waals surface area contributed by atoms with Gasteiger partial charge in [0.05, 0.1) is 11.4 Å². The second kappa shape index (κ2) is 10.4. The van der Waals surface area contributed by atoms with Crippen LogP contribution >= 0.6 is 0 Å². The van der Waals surface area contributed by atoms with Gasteiger partial charge in [0.1, 0.15) is 11.7 Å². The summed E-state index contributed by atoms with van der Waals surface area (Å²) in [5, 5.41) is 5.65. The Hall–Kier alpha value is -4.85. The highest BCUT2D eigenvalue weighted by molar-refractivity contribution is 6.24. The van der Waals surface area contributed by atoms with Crippen molar-refractivity contribution in [2.45, 2.75) is 12.5 Å². The molecule has 4 aromatic rings. The molecule has 0 spiro atoms. The maximum absolute atomic E-state index is 13.8. The maximum atomic E-state index is 13.8. The van der Waals surface area contributed by atoms with Crippen LogP contribution in [-0.2, 0) is 11.3 Å². The normalized spacial score (nSPS) is 14.6. The van der Waals surface area contributed by atoms with E-state index in [9.17, 15) is 14.0 Å². The lowest BCUT2D eigenvalue weighted by atomic mass is 9.90. The van der Waals surface area contributed by atoms with Crippen molar-refractivity contribution in [3.05, 3.63) is 120 Å². The van der Waals surface area contributed by atoms with Crippen LogP contribution in [0.3, 0.4) is 0 Å². The number of pyridine rings is 1. The fraction of sp³-hybridized carbons (Fsp3) is 0.103. The summed E-state index contributed by atoms with van der Waals surface area (Å²) in [6, 6.07) is 24.3. The van der Waals surface area contributed by atoms with Gasteiger partial charge in [-0.15, -0.1) is 0 Å². The van der Waals surface area contributed by atoms with Gasteiger partial charge in [-0.2, -0.15) is 0 Å². The fourth-order valence-corrected chi connectivity index (χ4v) is 4.21. The van der Waals surface area contributed by atoms with E-state index in [-0.39, 0.29) is 11.9 Å². The van der Waals surface area contributed by atoms with E-state index in [0.717, 1.165) is 11.1 Å². The van der Waals surface area contributed by atoms with Crippen LogP contribution in [0.2, 0.25) is 0 Å². The molecule has 1 aliphatic rings. The Morgan fingerprint density at radius 1 is 1.03 bits per heavy atom. The Morgan fingerprint density at radius 3 is 2.49 bits per heavy atom. The number of anilines is 2. The number of hydrogen-bond acceptors (Lipinski definition) is 4. The number of amides is 3. The highest BCUT2D eigenvalue weighted by atomic mass is 19.1. The van der Waals surface area contributed by atoms with E-state index in [1.165, 1.54) is 17.0 Å². The molecule has 0 radical (unpaired) electrons. The third kappa shape index (κ3) is 5.23. The molecule has 0 saturated carbocycles. The molecule has 8 heteroatoms. The van der Waals surface area contributed by atoms with Crippen LogP contribution in [0, 0.1) is 5.82 Å². The van der Waals surface area contributed by atoms with Crippen molar-refractivity contribution in [1.29, 1.82) is 0 Å². The SMILES string of the molecule is CN(C(=O)NCc1ccncc1)c1ccc(N=C(c2ccccc2)C2C(=O)Nc3cc(F)ccc32)cc1. The molecule has 37 heavy (non-hydrogen) atoms. The van der Waals surface area contributed by atoms with Crippen molar-refractivity contribution in [1.82, 2.24) is 10.3 Å². The Kier molecular flexibility index (Phi) is 6.72. The molecule has 1 aliphatic heterocycles. The molecule has 2 N–H and O–H groups in total. The average molecular weight is 494 g/mol. The minimum absolute atomic E-state index is 0.246. The first-order valence-corrected chi connectivity index (χ1v) is 11.7. The van der Waals surface area contributed by atoms with Gasteiger partial charge in [0.2, 0.25) is 5.91 Å². The van der Waals surface area contributed by atoms with Crippen molar-refractivity contribution >= 4 is 34.7 Å². The summed E-state index contributed by atoms with van der Waals surface area (Å²) < 4.78 is 13.8. The Bertz CT molecular complexity index is 1460. The topological polar surface area (TPSA) is 86.7 Å². The quantitative estimate of drug-likeness (QED) is 0.352. The van der Waals surface area contributed by atoms with Gasteiger partial charge in [0, 0.05) is 37.4 Å². The van der Waals surface area contributed by atoms with Crippen molar-refractivity contribution in [3.63, 3.8) is 0 Å². The minimum atomic E-state index is -0.681. The fourth-order valence-electron chi connectivity index (χ4n) is 4.21. The van der Waals surface area contributed by atoms with Gasteiger partial charge in [-0.25, -0.2) is 9.18 Å². The van der Waals surface area contributed by atoms with Gasteiger partial charge in [0.15, 0.2) is 0 Å². The molecule has 3 aromatic carbocycles. The molecule has 2 heterocycles. The van der Waals surface area contributed by atoms with Crippen LogP contribution in [0.5, 0.6) is 0 Å². The van der Waals surface area contributed by atoms with Crippen LogP contribution in [-0.4, -0.2) is 29.7 Å². The zero-order valence-corrected chi connectivity index (χ0v) is 20.1. The first-order chi connectivity index (χ1) is 18.0. The summed E-state index contributed by atoms with van der Waals surface area (Å²) in [4.78, 5) is 35.9.